The number of hydrogen-bond acceptors (Lipinski definition) is 4. The summed E-state index contributed by atoms with van der Waals surface area (Å²) in [5, 5.41) is 3.18. The first-order valence-electron chi connectivity index (χ1n) is 11.9. The van der Waals surface area contributed by atoms with Gasteiger partial charge in [0.05, 0.1) is 6.61 Å². The minimum atomic E-state index is -0.349. The third-order valence-corrected chi connectivity index (χ3v) is 7.26. The van der Waals surface area contributed by atoms with Gasteiger partial charge in [-0.1, -0.05) is 18.2 Å². The monoisotopic (exact) mass is 457 g/mol. The molecule has 2 heterocycles. The SMILES string of the molecule is CCOC(=O)N1CCC(NC(=O)C2CC23CCN(C(=O)/C=C/c2ccccc2F)CC3)CC1. The number of rotatable bonds is 5. The van der Waals surface area contributed by atoms with Crippen LogP contribution in [-0.2, 0) is 14.3 Å². The molecule has 1 aromatic carbocycles. The van der Waals surface area contributed by atoms with Crippen LogP contribution in [-0.4, -0.2) is 66.5 Å². The summed E-state index contributed by atoms with van der Waals surface area (Å²) in [7, 11) is 0. The van der Waals surface area contributed by atoms with E-state index < -0.39 is 0 Å². The highest BCUT2D eigenvalue weighted by Crippen LogP contribution is 2.59. The van der Waals surface area contributed by atoms with E-state index in [0.717, 1.165) is 32.1 Å². The number of carbonyl (C=O) groups excluding carboxylic acids is 3. The van der Waals surface area contributed by atoms with Gasteiger partial charge in [-0.05, 0) is 56.6 Å². The Kier molecular flexibility index (Phi) is 7.00. The Morgan fingerprint density at radius 3 is 2.48 bits per heavy atom. The molecule has 33 heavy (non-hydrogen) atoms. The Morgan fingerprint density at radius 2 is 1.82 bits per heavy atom. The molecule has 178 valence electrons. The molecule has 7 nitrogen and oxygen atoms in total. The second-order valence-corrected chi connectivity index (χ2v) is 9.27. The van der Waals surface area contributed by atoms with Gasteiger partial charge in [0.2, 0.25) is 11.8 Å². The smallest absolute Gasteiger partial charge is 0.409 e. The largest absolute Gasteiger partial charge is 0.450 e. The molecule has 8 heteroatoms. The molecule has 1 aromatic rings. The zero-order valence-corrected chi connectivity index (χ0v) is 19.1. The summed E-state index contributed by atoms with van der Waals surface area (Å²) in [5.74, 6) is -0.365. The minimum Gasteiger partial charge on any atom is -0.450 e. The summed E-state index contributed by atoms with van der Waals surface area (Å²) in [6.45, 7) is 4.57. The molecule has 3 fully saturated rings. The molecular weight excluding hydrogens is 425 g/mol. The number of carbonyl (C=O) groups is 3. The van der Waals surface area contributed by atoms with E-state index in [1.54, 1.807) is 34.9 Å². The van der Waals surface area contributed by atoms with Crippen molar-refractivity contribution in [2.24, 2.45) is 11.3 Å². The summed E-state index contributed by atoms with van der Waals surface area (Å²) < 4.78 is 18.8. The van der Waals surface area contributed by atoms with Crippen molar-refractivity contribution < 1.29 is 23.5 Å². The van der Waals surface area contributed by atoms with E-state index in [2.05, 4.69) is 5.32 Å². The number of piperidine rings is 2. The van der Waals surface area contributed by atoms with Gasteiger partial charge in [-0.2, -0.15) is 0 Å². The molecule has 0 bridgehead atoms. The van der Waals surface area contributed by atoms with Crippen molar-refractivity contribution in [3.63, 3.8) is 0 Å². The minimum absolute atomic E-state index is 0.00174. The van der Waals surface area contributed by atoms with Crippen LogP contribution in [0.25, 0.3) is 6.08 Å². The zero-order chi connectivity index (χ0) is 23.4. The first kappa shape index (κ1) is 23.3. The van der Waals surface area contributed by atoms with E-state index in [1.807, 2.05) is 0 Å². The van der Waals surface area contributed by atoms with Crippen LogP contribution in [0.5, 0.6) is 0 Å². The van der Waals surface area contributed by atoms with Crippen molar-refractivity contribution >= 4 is 24.0 Å². The third kappa shape index (κ3) is 5.37. The predicted molar refractivity (Wildman–Crippen MR) is 122 cm³/mol. The Hall–Kier alpha value is -2.90. The van der Waals surface area contributed by atoms with Crippen molar-refractivity contribution in [3.05, 3.63) is 41.7 Å². The normalized spacial score (nSPS) is 22.4. The van der Waals surface area contributed by atoms with Gasteiger partial charge in [-0.3, -0.25) is 9.59 Å². The van der Waals surface area contributed by atoms with E-state index in [-0.39, 0.29) is 41.1 Å². The van der Waals surface area contributed by atoms with Crippen LogP contribution >= 0.6 is 0 Å². The summed E-state index contributed by atoms with van der Waals surface area (Å²) >= 11 is 0. The maximum Gasteiger partial charge on any atom is 0.409 e. The molecule has 1 N–H and O–H groups in total. The van der Waals surface area contributed by atoms with Gasteiger partial charge >= 0.3 is 6.09 Å². The maximum atomic E-state index is 13.7. The lowest BCUT2D eigenvalue weighted by atomic mass is 9.90. The van der Waals surface area contributed by atoms with Crippen LogP contribution < -0.4 is 5.32 Å². The molecule has 0 aromatic heterocycles. The van der Waals surface area contributed by atoms with Gasteiger partial charge < -0.3 is 19.9 Å². The summed E-state index contributed by atoms with van der Waals surface area (Å²) in [4.78, 5) is 40.6. The lowest BCUT2D eigenvalue weighted by Gasteiger charge is -2.33. The molecular formula is C25H32FN3O4. The predicted octanol–water partition coefficient (Wildman–Crippen LogP) is 3.20. The van der Waals surface area contributed by atoms with Crippen LogP contribution in [0.1, 0.15) is 44.6 Å². The van der Waals surface area contributed by atoms with Gasteiger partial charge in [0.15, 0.2) is 0 Å². The van der Waals surface area contributed by atoms with E-state index in [9.17, 15) is 18.8 Å². The molecule has 3 aliphatic rings. The number of nitrogens with zero attached hydrogens (tertiary/aromatic N) is 2. The Balaban J connectivity index is 1.20. The lowest BCUT2D eigenvalue weighted by molar-refractivity contribution is -0.127. The van der Waals surface area contributed by atoms with Crippen LogP contribution in [0, 0.1) is 17.2 Å². The van der Waals surface area contributed by atoms with Gasteiger partial charge in [-0.25, -0.2) is 9.18 Å². The molecule has 1 saturated carbocycles. The molecule has 0 radical (unpaired) electrons. The molecule has 1 spiro atoms. The number of hydrogen-bond donors (Lipinski definition) is 1. The average Bonchev–Trinajstić information content (AvgIpc) is 3.52. The van der Waals surface area contributed by atoms with E-state index in [1.165, 1.54) is 18.2 Å². The Bertz CT molecular complexity index is 918. The van der Waals surface area contributed by atoms with Gasteiger partial charge in [-0.15, -0.1) is 0 Å². The Morgan fingerprint density at radius 1 is 1.12 bits per heavy atom. The average molecular weight is 458 g/mol. The fraction of sp³-hybridized carbons (Fsp3) is 0.560. The van der Waals surface area contributed by atoms with E-state index in [4.69, 9.17) is 4.74 Å². The molecule has 2 saturated heterocycles. The van der Waals surface area contributed by atoms with Crippen LogP contribution in [0.2, 0.25) is 0 Å². The summed E-state index contributed by atoms with van der Waals surface area (Å²) in [6.07, 6.45) is 6.62. The molecule has 1 unspecified atom stereocenters. The van der Waals surface area contributed by atoms with Crippen molar-refractivity contribution in [3.8, 4) is 0 Å². The zero-order valence-electron chi connectivity index (χ0n) is 19.1. The number of amides is 3. The van der Waals surface area contributed by atoms with Crippen molar-refractivity contribution in [2.75, 3.05) is 32.8 Å². The molecule has 3 amide bonds. The van der Waals surface area contributed by atoms with Crippen LogP contribution in [0.4, 0.5) is 9.18 Å². The number of likely N-dealkylation sites (tertiary alicyclic amines) is 2. The topological polar surface area (TPSA) is 79.0 Å². The van der Waals surface area contributed by atoms with Crippen molar-refractivity contribution in [2.45, 2.75) is 45.1 Å². The van der Waals surface area contributed by atoms with Crippen LogP contribution in [0.15, 0.2) is 30.3 Å². The molecule has 4 rings (SSSR count). The summed E-state index contributed by atoms with van der Waals surface area (Å²) in [6, 6.07) is 6.45. The molecule has 1 aliphatic carbocycles. The number of halogens is 1. The molecule has 2 aliphatic heterocycles. The van der Waals surface area contributed by atoms with Gasteiger partial charge in [0.25, 0.3) is 0 Å². The highest BCUT2D eigenvalue weighted by atomic mass is 19.1. The van der Waals surface area contributed by atoms with Crippen molar-refractivity contribution in [1.82, 2.24) is 15.1 Å². The number of ether oxygens (including phenoxy) is 1. The summed E-state index contributed by atoms with van der Waals surface area (Å²) in [5.41, 5.74) is 0.397. The molecule has 1 atom stereocenters. The highest BCUT2D eigenvalue weighted by molar-refractivity contribution is 5.92. The number of benzene rings is 1. The standard InChI is InChI=1S/C25H32FN3O4/c1-2-33-24(32)29-13-9-19(10-14-29)27-23(31)20-17-25(20)11-15-28(16-12-25)22(30)8-7-18-5-3-4-6-21(18)26/h3-8,19-20H,2,9-17H2,1H3,(H,27,31)/b8-7+. The van der Waals surface area contributed by atoms with Gasteiger partial charge in [0, 0.05) is 49.8 Å². The second-order valence-electron chi connectivity index (χ2n) is 9.27. The third-order valence-electron chi connectivity index (χ3n) is 7.26. The van der Waals surface area contributed by atoms with Gasteiger partial charge in [0.1, 0.15) is 5.82 Å². The number of nitrogens with one attached hydrogen (secondary N) is 1. The first-order valence-corrected chi connectivity index (χ1v) is 11.9. The van der Waals surface area contributed by atoms with Crippen molar-refractivity contribution in [1.29, 1.82) is 0 Å². The lowest BCUT2D eigenvalue weighted by Crippen LogP contribution is -2.47. The van der Waals surface area contributed by atoms with E-state index >= 15 is 0 Å². The maximum absolute atomic E-state index is 13.7. The second kappa shape index (κ2) is 9.93. The van der Waals surface area contributed by atoms with Crippen LogP contribution in [0.3, 0.4) is 0 Å². The Labute approximate surface area is 193 Å². The quantitative estimate of drug-likeness (QED) is 0.689. The fourth-order valence-electron chi connectivity index (χ4n) is 5.04. The first-order chi connectivity index (χ1) is 15.9. The highest BCUT2D eigenvalue weighted by Gasteiger charge is 2.58. The van der Waals surface area contributed by atoms with E-state index in [0.29, 0.717) is 38.3 Å². The fourth-order valence-corrected chi connectivity index (χ4v) is 5.04.